The molecule has 1 amide bonds. The molecule has 1 aliphatic heterocycles. The summed E-state index contributed by atoms with van der Waals surface area (Å²) in [6.07, 6.45) is 1.51. The van der Waals surface area contributed by atoms with Crippen molar-refractivity contribution < 1.29 is 9.53 Å². The van der Waals surface area contributed by atoms with Crippen molar-refractivity contribution in [3.05, 3.63) is 58.7 Å². The molecule has 0 aliphatic carbocycles. The van der Waals surface area contributed by atoms with E-state index in [1.165, 1.54) is 0 Å². The minimum absolute atomic E-state index is 0.0727. The summed E-state index contributed by atoms with van der Waals surface area (Å²) in [6, 6.07) is 12.1. The van der Waals surface area contributed by atoms with Crippen molar-refractivity contribution in [1.29, 1.82) is 5.26 Å². The molecule has 0 radical (unpaired) electrons. The maximum atomic E-state index is 12.2. The predicted octanol–water partition coefficient (Wildman–Crippen LogP) is 2.51. The second kappa shape index (κ2) is 6.04. The van der Waals surface area contributed by atoms with Crippen molar-refractivity contribution in [2.45, 2.75) is 6.10 Å². The molecule has 0 N–H and O–H groups in total. The number of amides is 1. The molecular formula is C16H12ClN3O2. The Labute approximate surface area is 132 Å². The molecule has 6 heteroatoms. The van der Waals surface area contributed by atoms with Crippen molar-refractivity contribution in [2.75, 3.05) is 13.1 Å². The van der Waals surface area contributed by atoms with Crippen LogP contribution in [0.2, 0.25) is 5.02 Å². The molecule has 1 saturated heterocycles. The molecule has 3 rings (SSSR count). The van der Waals surface area contributed by atoms with Crippen LogP contribution in [0.5, 0.6) is 5.88 Å². The van der Waals surface area contributed by atoms with Crippen molar-refractivity contribution >= 4 is 17.5 Å². The summed E-state index contributed by atoms with van der Waals surface area (Å²) in [6.45, 7) is 0.984. The first kappa shape index (κ1) is 14.4. The lowest BCUT2D eigenvalue weighted by Crippen LogP contribution is -2.56. The van der Waals surface area contributed by atoms with Crippen LogP contribution >= 0.6 is 11.6 Å². The Bertz CT molecular complexity index is 734. The highest BCUT2D eigenvalue weighted by atomic mass is 35.5. The molecule has 1 aromatic heterocycles. The average Bonchev–Trinajstić information content (AvgIpc) is 2.51. The number of carbonyl (C=O) groups is 1. The number of rotatable bonds is 3. The monoisotopic (exact) mass is 313 g/mol. The van der Waals surface area contributed by atoms with Gasteiger partial charge in [0.1, 0.15) is 11.1 Å². The number of halogens is 1. The Morgan fingerprint density at radius 3 is 2.68 bits per heavy atom. The van der Waals surface area contributed by atoms with Gasteiger partial charge < -0.3 is 9.64 Å². The Hall–Kier alpha value is -2.58. The molecule has 5 nitrogen and oxygen atoms in total. The molecule has 1 aromatic carbocycles. The van der Waals surface area contributed by atoms with Crippen LogP contribution in [0.25, 0.3) is 0 Å². The van der Waals surface area contributed by atoms with Crippen LogP contribution in [0.3, 0.4) is 0 Å². The second-order valence-electron chi connectivity index (χ2n) is 4.93. The summed E-state index contributed by atoms with van der Waals surface area (Å²) < 4.78 is 5.65. The summed E-state index contributed by atoms with van der Waals surface area (Å²) in [5.41, 5.74) is 1.10. The van der Waals surface area contributed by atoms with E-state index in [2.05, 4.69) is 4.98 Å². The van der Waals surface area contributed by atoms with Gasteiger partial charge >= 0.3 is 0 Å². The van der Waals surface area contributed by atoms with Gasteiger partial charge in [0.05, 0.1) is 24.7 Å². The molecule has 0 spiro atoms. The molecule has 22 heavy (non-hydrogen) atoms. The van der Waals surface area contributed by atoms with E-state index in [1.54, 1.807) is 47.5 Å². The van der Waals surface area contributed by atoms with Gasteiger partial charge in [0, 0.05) is 11.8 Å². The van der Waals surface area contributed by atoms with Crippen molar-refractivity contribution in [3.63, 3.8) is 0 Å². The second-order valence-corrected chi connectivity index (χ2v) is 5.34. The molecule has 0 bridgehead atoms. The van der Waals surface area contributed by atoms with Gasteiger partial charge in [-0.05, 0) is 36.4 Å². The third-order valence-electron chi connectivity index (χ3n) is 3.40. The number of carbonyl (C=O) groups excluding carboxylic acids is 1. The molecule has 0 unspecified atom stereocenters. The fourth-order valence-corrected chi connectivity index (χ4v) is 2.33. The zero-order valence-corrected chi connectivity index (χ0v) is 12.3. The highest BCUT2D eigenvalue weighted by molar-refractivity contribution is 6.31. The third kappa shape index (κ3) is 2.87. The number of hydrogen-bond acceptors (Lipinski definition) is 4. The topological polar surface area (TPSA) is 66.2 Å². The third-order valence-corrected chi connectivity index (χ3v) is 3.69. The summed E-state index contributed by atoms with van der Waals surface area (Å²) in [5.74, 6) is 0.316. The molecule has 2 aromatic rings. The number of aromatic nitrogens is 1. The lowest BCUT2D eigenvalue weighted by molar-refractivity contribution is 0.0160. The van der Waals surface area contributed by atoms with Crippen LogP contribution in [-0.4, -0.2) is 35.0 Å². The Balaban J connectivity index is 1.57. The summed E-state index contributed by atoms with van der Waals surface area (Å²) in [7, 11) is 0. The Kier molecular flexibility index (Phi) is 3.94. The maximum Gasteiger partial charge on any atom is 0.254 e. The van der Waals surface area contributed by atoms with Gasteiger partial charge in [0.2, 0.25) is 5.88 Å². The van der Waals surface area contributed by atoms with Crippen LogP contribution in [0.1, 0.15) is 15.9 Å². The molecule has 110 valence electrons. The van der Waals surface area contributed by atoms with Crippen molar-refractivity contribution in [2.24, 2.45) is 0 Å². The van der Waals surface area contributed by atoms with E-state index in [1.807, 2.05) is 6.07 Å². The Morgan fingerprint density at radius 1 is 1.32 bits per heavy atom. The highest BCUT2D eigenvalue weighted by Crippen LogP contribution is 2.24. The Morgan fingerprint density at radius 2 is 2.05 bits per heavy atom. The van der Waals surface area contributed by atoms with Gasteiger partial charge in [-0.2, -0.15) is 5.26 Å². The quantitative estimate of drug-likeness (QED) is 0.873. The zero-order valence-electron chi connectivity index (χ0n) is 11.6. The van der Waals surface area contributed by atoms with Crippen LogP contribution < -0.4 is 4.74 Å². The fraction of sp³-hybridized carbons (Fsp3) is 0.188. The first-order valence-corrected chi connectivity index (χ1v) is 7.12. The molecule has 0 saturated carbocycles. The first-order chi connectivity index (χ1) is 10.7. The zero-order chi connectivity index (χ0) is 15.5. The van der Waals surface area contributed by atoms with E-state index in [0.29, 0.717) is 35.1 Å². The molecular weight excluding hydrogens is 302 g/mol. The number of benzene rings is 1. The van der Waals surface area contributed by atoms with E-state index in [4.69, 9.17) is 21.6 Å². The number of hydrogen-bond donors (Lipinski definition) is 0. The standard InChI is InChI=1S/C16H12ClN3O2/c17-14-2-1-7-19-15(14)22-13-9-20(10-13)16(21)12-5-3-11(8-18)4-6-12/h1-7,13H,9-10H2. The van der Waals surface area contributed by atoms with Crippen LogP contribution in [-0.2, 0) is 0 Å². The highest BCUT2D eigenvalue weighted by Gasteiger charge is 2.33. The lowest BCUT2D eigenvalue weighted by Gasteiger charge is -2.38. The SMILES string of the molecule is N#Cc1ccc(C(=O)N2CC(Oc3ncccc3Cl)C2)cc1. The fourth-order valence-electron chi connectivity index (χ4n) is 2.16. The largest absolute Gasteiger partial charge is 0.470 e. The van der Waals surface area contributed by atoms with Gasteiger partial charge in [0.15, 0.2) is 0 Å². The minimum atomic E-state index is -0.102. The van der Waals surface area contributed by atoms with Crippen LogP contribution in [0, 0.1) is 11.3 Å². The molecule has 1 aliphatic rings. The molecule has 2 heterocycles. The number of pyridine rings is 1. The van der Waals surface area contributed by atoms with E-state index in [9.17, 15) is 4.79 Å². The summed E-state index contributed by atoms with van der Waals surface area (Å²) in [4.78, 5) is 18.0. The average molecular weight is 314 g/mol. The van der Waals surface area contributed by atoms with Crippen LogP contribution in [0.15, 0.2) is 42.6 Å². The summed E-state index contributed by atoms with van der Waals surface area (Å²) >= 11 is 5.98. The maximum absolute atomic E-state index is 12.2. The minimum Gasteiger partial charge on any atom is -0.470 e. The normalized spacial score (nSPS) is 14.1. The van der Waals surface area contributed by atoms with Gasteiger partial charge in [0.25, 0.3) is 5.91 Å². The predicted molar refractivity (Wildman–Crippen MR) is 80.7 cm³/mol. The van der Waals surface area contributed by atoms with E-state index in [0.717, 1.165) is 0 Å². The van der Waals surface area contributed by atoms with E-state index in [-0.39, 0.29) is 12.0 Å². The lowest BCUT2D eigenvalue weighted by atomic mass is 10.1. The van der Waals surface area contributed by atoms with Gasteiger partial charge in [-0.15, -0.1) is 0 Å². The smallest absolute Gasteiger partial charge is 0.254 e. The van der Waals surface area contributed by atoms with Gasteiger partial charge in [-0.3, -0.25) is 4.79 Å². The summed E-state index contributed by atoms with van der Waals surface area (Å²) in [5, 5.41) is 9.21. The molecule has 0 atom stereocenters. The van der Waals surface area contributed by atoms with E-state index >= 15 is 0 Å². The van der Waals surface area contributed by atoms with Gasteiger partial charge in [-0.1, -0.05) is 11.6 Å². The first-order valence-electron chi connectivity index (χ1n) is 6.74. The number of nitrogens with zero attached hydrogens (tertiary/aromatic N) is 3. The number of likely N-dealkylation sites (tertiary alicyclic amines) is 1. The number of ether oxygens (including phenoxy) is 1. The molecule has 1 fully saturated rings. The van der Waals surface area contributed by atoms with Crippen LogP contribution in [0.4, 0.5) is 0 Å². The van der Waals surface area contributed by atoms with E-state index < -0.39 is 0 Å². The van der Waals surface area contributed by atoms with Gasteiger partial charge in [-0.25, -0.2) is 4.98 Å². The number of nitriles is 1. The van der Waals surface area contributed by atoms with Crippen molar-refractivity contribution in [3.8, 4) is 11.9 Å². The van der Waals surface area contributed by atoms with Crippen molar-refractivity contribution in [1.82, 2.24) is 9.88 Å².